The van der Waals surface area contributed by atoms with Gasteiger partial charge in [-0.2, -0.15) is 0 Å². The molecule has 0 aliphatic heterocycles. The Morgan fingerprint density at radius 2 is 1.64 bits per heavy atom. The van der Waals surface area contributed by atoms with Crippen molar-refractivity contribution in [2.45, 2.75) is 6.54 Å². The summed E-state index contributed by atoms with van der Waals surface area (Å²) in [5, 5.41) is 9.66. The highest BCUT2D eigenvalue weighted by molar-refractivity contribution is 5.97. The molecule has 3 rings (SSSR count). The number of rotatable bonds is 7. The Bertz CT molecular complexity index is 958. The molecule has 0 saturated carbocycles. The first-order valence-corrected chi connectivity index (χ1v) is 8.70. The van der Waals surface area contributed by atoms with Gasteiger partial charge in [-0.3, -0.25) is 14.8 Å². The molecule has 1 aromatic carbocycles. The first-order chi connectivity index (χ1) is 13.6. The fraction of sp³-hybridized carbons (Fsp3) is 0.0909. The van der Waals surface area contributed by atoms with Crippen LogP contribution in [-0.4, -0.2) is 38.4 Å². The van der Waals surface area contributed by atoms with Crippen LogP contribution in [0.15, 0.2) is 85.0 Å². The summed E-state index contributed by atoms with van der Waals surface area (Å²) in [6.45, 7) is 0.200. The van der Waals surface area contributed by atoms with Crippen LogP contribution in [0.25, 0.3) is 6.08 Å². The molecule has 0 fully saturated rings. The summed E-state index contributed by atoms with van der Waals surface area (Å²) in [7, 11) is 0. The Hall–Kier alpha value is -3.80. The summed E-state index contributed by atoms with van der Waals surface area (Å²) in [5.74, 6) is -1.33. The van der Waals surface area contributed by atoms with Gasteiger partial charge in [0.05, 0.1) is 12.1 Å². The normalized spacial score (nSPS) is 11.1. The second-order valence-corrected chi connectivity index (χ2v) is 6.15. The Morgan fingerprint density at radius 3 is 2.25 bits per heavy atom. The van der Waals surface area contributed by atoms with E-state index in [4.69, 9.17) is 0 Å². The molecule has 0 unspecified atom stereocenters. The summed E-state index contributed by atoms with van der Waals surface area (Å²) in [5.41, 5.74) is 2.07. The number of carboxylic acid groups (broad SMARTS) is 1. The van der Waals surface area contributed by atoms with E-state index in [1.54, 1.807) is 67.3 Å². The molecule has 2 heterocycles. The number of benzene rings is 1. The molecule has 140 valence electrons. The monoisotopic (exact) mass is 373 g/mol. The molecular weight excluding hydrogens is 354 g/mol. The van der Waals surface area contributed by atoms with Crippen molar-refractivity contribution in [1.29, 1.82) is 0 Å². The van der Waals surface area contributed by atoms with Crippen molar-refractivity contribution in [2.24, 2.45) is 0 Å². The van der Waals surface area contributed by atoms with Gasteiger partial charge < -0.3 is 10.0 Å². The number of amides is 1. The minimum absolute atomic E-state index is 0.0488. The molecule has 1 amide bonds. The van der Waals surface area contributed by atoms with Gasteiger partial charge in [-0.05, 0) is 41.5 Å². The Morgan fingerprint density at radius 1 is 0.929 bits per heavy atom. The van der Waals surface area contributed by atoms with Gasteiger partial charge in [-0.15, -0.1) is 0 Å². The van der Waals surface area contributed by atoms with Crippen molar-refractivity contribution in [1.82, 2.24) is 14.9 Å². The van der Waals surface area contributed by atoms with Crippen LogP contribution in [0.4, 0.5) is 0 Å². The van der Waals surface area contributed by atoms with Gasteiger partial charge in [0.15, 0.2) is 0 Å². The van der Waals surface area contributed by atoms with Crippen molar-refractivity contribution < 1.29 is 14.7 Å². The van der Waals surface area contributed by atoms with Crippen LogP contribution in [0.3, 0.4) is 0 Å². The molecule has 0 spiro atoms. The average molecular weight is 373 g/mol. The molecule has 2 aromatic heterocycles. The van der Waals surface area contributed by atoms with E-state index in [0.717, 1.165) is 5.56 Å². The summed E-state index contributed by atoms with van der Waals surface area (Å²) < 4.78 is 0. The number of aromatic nitrogens is 2. The van der Waals surface area contributed by atoms with Gasteiger partial charge in [0.2, 0.25) is 0 Å². The average Bonchev–Trinajstić information content (AvgIpc) is 2.74. The smallest absolute Gasteiger partial charge is 0.333 e. The summed E-state index contributed by atoms with van der Waals surface area (Å²) in [6, 6.07) is 15.9. The van der Waals surface area contributed by atoms with Crippen molar-refractivity contribution in [3.8, 4) is 0 Å². The van der Waals surface area contributed by atoms with Crippen LogP contribution < -0.4 is 0 Å². The van der Waals surface area contributed by atoms with Crippen LogP contribution >= 0.6 is 0 Å². The summed E-state index contributed by atoms with van der Waals surface area (Å²) in [4.78, 5) is 34.4. The number of pyridine rings is 2. The van der Waals surface area contributed by atoms with E-state index in [0.29, 0.717) is 11.1 Å². The lowest BCUT2D eigenvalue weighted by molar-refractivity contribution is -0.132. The van der Waals surface area contributed by atoms with Crippen LogP contribution in [0, 0.1) is 0 Å². The van der Waals surface area contributed by atoms with Gasteiger partial charge in [-0.1, -0.05) is 30.3 Å². The number of nitrogens with zero attached hydrogens (tertiary/aromatic N) is 3. The fourth-order valence-electron chi connectivity index (χ4n) is 2.72. The minimum Gasteiger partial charge on any atom is -0.478 e. The maximum absolute atomic E-state index is 13.0. The molecule has 0 aliphatic carbocycles. The molecule has 6 nitrogen and oxygen atoms in total. The van der Waals surface area contributed by atoms with Crippen molar-refractivity contribution in [3.63, 3.8) is 0 Å². The topological polar surface area (TPSA) is 83.4 Å². The van der Waals surface area contributed by atoms with E-state index < -0.39 is 5.97 Å². The van der Waals surface area contributed by atoms with Crippen molar-refractivity contribution in [3.05, 3.63) is 102 Å². The quantitative estimate of drug-likeness (QED) is 0.643. The lowest BCUT2D eigenvalue weighted by Gasteiger charge is -2.23. The minimum atomic E-state index is -1.08. The highest BCUT2D eigenvalue weighted by Gasteiger charge is 2.20. The molecule has 6 heteroatoms. The van der Waals surface area contributed by atoms with E-state index in [2.05, 4.69) is 9.97 Å². The first-order valence-electron chi connectivity index (χ1n) is 8.70. The second-order valence-electron chi connectivity index (χ2n) is 6.15. The van der Waals surface area contributed by atoms with Gasteiger partial charge in [0.25, 0.3) is 5.91 Å². The standard InChI is InChI=1S/C22H19N3O3/c26-21(19-8-2-1-3-9-19)25(15-18-7-5-11-24-14-18)16-20(22(27)28)12-17-6-4-10-23-13-17/h1-14H,15-16H2,(H,27,28). The molecule has 0 saturated heterocycles. The lowest BCUT2D eigenvalue weighted by Crippen LogP contribution is -2.33. The van der Waals surface area contributed by atoms with Crippen molar-refractivity contribution in [2.75, 3.05) is 6.54 Å². The SMILES string of the molecule is O=C(O)C(=Cc1cccnc1)CN(Cc1cccnc1)C(=O)c1ccccc1. The summed E-state index contributed by atoms with van der Waals surface area (Å²) in [6.07, 6.45) is 8.04. The summed E-state index contributed by atoms with van der Waals surface area (Å²) >= 11 is 0. The van der Waals surface area contributed by atoms with Crippen LogP contribution in [0.2, 0.25) is 0 Å². The lowest BCUT2D eigenvalue weighted by atomic mass is 10.1. The van der Waals surface area contributed by atoms with E-state index in [9.17, 15) is 14.7 Å². The largest absolute Gasteiger partial charge is 0.478 e. The molecule has 0 bridgehead atoms. The van der Waals surface area contributed by atoms with E-state index in [-0.39, 0.29) is 24.6 Å². The highest BCUT2D eigenvalue weighted by atomic mass is 16.4. The van der Waals surface area contributed by atoms with Gasteiger partial charge >= 0.3 is 5.97 Å². The molecule has 28 heavy (non-hydrogen) atoms. The zero-order valence-electron chi connectivity index (χ0n) is 15.1. The maximum Gasteiger partial charge on any atom is 0.333 e. The number of hydrogen-bond acceptors (Lipinski definition) is 4. The maximum atomic E-state index is 13.0. The zero-order valence-corrected chi connectivity index (χ0v) is 15.1. The Labute approximate surface area is 162 Å². The van der Waals surface area contributed by atoms with Gasteiger partial charge in [0.1, 0.15) is 0 Å². The van der Waals surface area contributed by atoms with Crippen LogP contribution in [0.5, 0.6) is 0 Å². The number of hydrogen-bond donors (Lipinski definition) is 1. The van der Waals surface area contributed by atoms with Crippen LogP contribution in [0.1, 0.15) is 21.5 Å². The van der Waals surface area contributed by atoms with E-state index >= 15 is 0 Å². The first kappa shape index (κ1) is 19.0. The molecular formula is C22H19N3O3. The molecule has 3 aromatic rings. The Balaban J connectivity index is 1.91. The third-order valence-electron chi connectivity index (χ3n) is 4.07. The number of carboxylic acids is 1. The fourth-order valence-corrected chi connectivity index (χ4v) is 2.72. The van der Waals surface area contributed by atoms with Crippen LogP contribution in [-0.2, 0) is 11.3 Å². The highest BCUT2D eigenvalue weighted by Crippen LogP contribution is 2.14. The zero-order chi connectivity index (χ0) is 19.8. The van der Waals surface area contributed by atoms with E-state index in [1.165, 1.54) is 11.0 Å². The second kappa shape index (κ2) is 9.23. The third kappa shape index (κ3) is 5.11. The molecule has 0 radical (unpaired) electrons. The van der Waals surface area contributed by atoms with Gasteiger partial charge in [0, 0.05) is 36.9 Å². The molecule has 0 atom stereocenters. The molecule has 0 aliphatic rings. The van der Waals surface area contributed by atoms with E-state index in [1.807, 2.05) is 12.1 Å². The number of carbonyl (C=O) groups is 2. The van der Waals surface area contributed by atoms with Gasteiger partial charge in [-0.25, -0.2) is 4.79 Å². The number of carbonyl (C=O) groups excluding carboxylic acids is 1. The third-order valence-corrected chi connectivity index (χ3v) is 4.07. The predicted octanol–water partition coefficient (Wildman–Crippen LogP) is 3.29. The molecule has 1 N–H and O–H groups in total. The Kier molecular flexibility index (Phi) is 6.25. The van der Waals surface area contributed by atoms with Crippen molar-refractivity contribution >= 4 is 18.0 Å². The number of aliphatic carboxylic acids is 1. The predicted molar refractivity (Wildman–Crippen MR) is 105 cm³/mol.